The van der Waals surface area contributed by atoms with Crippen LogP contribution in [0.2, 0.25) is 5.15 Å². The molecule has 0 bridgehead atoms. The van der Waals surface area contributed by atoms with Gasteiger partial charge in [-0.05, 0) is 15.9 Å². The van der Waals surface area contributed by atoms with Crippen LogP contribution in [0, 0.1) is 0 Å². The number of halogens is 2. The molecule has 0 amide bonds. The molecule has 0 aromatic carbocycles. The second-order valence-electron chi connectivity index (χ2n) is 3.85. The highest BCUT2D eigenvalue weighted by Crippen LogP contribution is 2.33. The Morgan fingerprint density at radius 1 is 1.56 bits per heavy atom. The molecule has 9 heteroatoms. The van der Waals surface area contributed by atoms with Gasteiger partial charge in [-0.25, -0.2) is 18.4 Å². The molecular weight excluding hydrogens is 362 g/mol. The molecule has 0 radical (unpaired) electrons. The molecule has 1 unspecified atom stereocenters. The molecule has 0 aliphatic carbocycles. The molecule has 1 aliphatic rings. The monoisotopic (exact) mass is 371 g/mol. The lowest BCUT2D eigenvalue weighted by Crippen LogP contribution is -2.47. The highest BCUT2D eigenvalue weighted by Gasteiger charge is 2.33. The van der Waals surface area contributed by atoms with Gasteiger partial charge >= 0.3 is 0 Å². The molecule has 0 saturated carbocycles. The number of rotatable bonds is 2. The minimum Gasteiger partial charge on any atom is -0.337 e. The summed E-state index contributed by atoms with van der Waals surface area (Å²) in [5, 5.41) is -0.288. The smallest absolute Gasteiger partial charge is 0.169 e. The summed E-state index contributed by atoms with van der Waals surface area (Å²) in [5.41, 5.74) is 0. The van der Waals surface area contributed by atoms with Gasteiger partial charge in [-0.2, -0.15) is 11.8 Å². The Kier molecular flexibility index (Phi) is 4.40. The van der Waals surface area contributed by atoms with Crippen molar-refractivity contribution in [1.82, 2.24) is 9.97 Å². The zero-order valence-electron chi connectivity index (χ0n) is 9.51. The van der Waals surface area contributed by atoms with E-state index in [1.807, 2.05) is 0 Å². The van der Waals surface area contributed by atoms with Crippen molar-refractivity contribution >= 4 is 54.9 Å². The fourth-order valence-corrected chi connectivity index (χ4v) is 5.10. The fourth-order valence-electron chi connectivity index (χ4n) is 1.72. The van der Waals surface area contributed by atoms with E-state index in [0.29, 0.717) is 22.6 Å². The molecule has 1 aromatic heterocycles. The normalized spacial score (nSPS) is 21.1. The van der Waals surface area contributed by atoms with Gasteiger partial charge in [0.15, 0.2) is 9.84 Å². The minimum atomic E-state index is -3.17. The van der Waals surface area contributed by atoms with Crippen molar-refractivity contribution in [3.05, 3.63) is 16.0 Å². The van der Waals surface area contributed by atoms with Crippen molar-refractivity contribution in [3.63, 3.8) is 0 Å². The van der Waals surface area contributed by atoms with E-state index in [2.05, 4.69) is 25.9 Å². The Balaban J connectivity index is 2.43. The summed E-state index contributed by atoms with van der Waals surface area (Å²) in [7, 11) is -3.17. The number of aromatic nitrogens is 2. The quantitative estimate of drug-likeness (QED) is 0.738. The van der Waals surface area contributed by atoms with Gasteiger partial charge < -0.3 is 4.90 Å². The fraction of sp³-hybridized carbons (Fsp3) is 0.556. The number of sulfone groups is 1. The third-order valence-electron chi connectivity index (χ3n) is 2.58. The lowest BCUT2D eigenvalue weighted by molar-refractivity contribution is 0.583. The van der Waals surface area contributed by atoms with E-state index in [1.54, 1.807) is 16.7 Å². The first kappa shape index (κ1) is 14.4. The average Bonchev–Trinajstić information content (AvgIpc) is 2.32. The van der Waals surface area contributed by atoms with Crippen LogP contribution in [0.25, 0.3) is 0 Å². The SMILES string of the molecule is CS(=O)(=O)C1CSCCN1c1ncnc(Cl)c1Br. The standard InChI is InChI=1S/C9H11BrClN3O2S2/c1-18(15,16)6-4-17-3-2-14(6)9-7(10)8(11)12-5-13-9/h5-6H,2-4H2,1H3. The summed E-state index contributed by atoms with van der Waals surface area (Å²) in [6, 6.07) is 0. The predicted octanol–water partition coefficient (Wildman–Crippen LogP) is 1.82. The van der Waals surface area contributed by atoms with Crippen LogP contribution in [0.1, 0.15) is 0 Å². The second kappa shape index (κ2) is 5.52. The second-order valence-corrected chi connectivity index (χ2v) is 8.36. The Morgan fingerprint density at radius 2 is 2.28 bits per heavy atom. The lowest BCUT2D eigenvalue weighted by atomic mass is 10.4. The zero-order valence-corrected chi connectivity index (χ0v) is 13.5. The first-order valence-electron chi connectivity index (χ1n) is 5.10. The van der Waals surface area contributed by atoms with Crippen molar-refractivity contribution in [3.8, 4) is 0 Å². The summed E-state index contributed by atoms with van der Waals surface area (Å²) in [5.74, 6) is 1.93. The van der Waals surface area contributed by atoms with Crippen LogP contribution in [0.4, 0.5) is 5.82 Å². The number of anilines is 1. The van der Waals surface area contributed by atoms with Crippen LogP contribution in [-0.2, 0) is 9.84 Å². The van der Waals surface area contributed by atoms with Crippen molar-refractivity contribution < 1.29 is 8.42 Å². The first-order valence-corrected chi connectivity index (χ1v) is 9.38. The molecule has 0 spiro atoms. The van der Waals surface area contributed by atoms with E-state index in [9.17, 15) is 8.42 Å². The molecule has 1 atom stereocenters. The van der Waals surface area contributed by atoms with Gasteiger partial charge in [0.25, 0.3) is 0 Å². The molecule has 18 heavy (non-hydrogen) atoms. The third-order valence-corrected chi connectivity index (χ3v) is 6.47. The van der Waals surface area contributed by atoms with Crippen LogP contribution < -0.4 is 4.90 Å². The van der Waals surface area contributed by atoms with Gasteiger partial charge in [0.1, 0.15) is 22.7 Å². The van der Waals surface area contributed by atoms with E-state index in [-0.39, 0.29) is 5.15 Å². The first-order chi connectivity index (χ1) is 8.41. The van der Waals surface area contributed by atoms with E-state index in [1.165, 1.54) is 12.6 Å². The molecule has 2 rings (SSSR count). The van der Waals surface area contributed by atoms with Crippen molar-refractivity contribution in [1.29, 1.82) is 0 Å². The maximum Gasteiger partial charge on any atom is 0.169 e. The number of hydrogen-bond donors (Lipinski definition) is 0. The Hall–Kier alpha value is -0.0500. The molecule has 5 nitrogen and oxygen atoms in total. The Bertz CT molecular complexity index is 555. The van der Waals surface area contributed by atoms with Gasteiger partial charge in [0, 0.05) is 24.3 Å². The van der Waals surface area contributed by atoms with Gasteiger partial charge in [0.2, 0.25) is 0 Å². The Labute approximate surface area is 123 Å². The molecule has 1 saturated heterocycles. The molecule has 100 valence electrons. The van der Waals surface area contributed by atoms with Crippen LogP contribution >= 0.6 is 39.3 Å². The summed E-state index contributed by atoms with van der Waals surface area (Å²) < 4.78 is 24.2. The van der Waals surface area contributed by atoms with Gasteiger partial charge in [0.05, 0.1) is 4.47 Å². The van der Waals surface area contributed by atoms with Crippen LogP contribution in [0.15, 0.2) is 10.8 Å². The van der Waals surface area contributed by atoms with Crippen LogP contribution in [0.3, 0.4) is 0 Å². The van der Waals surface area contributed by atoms with E-state index in [4.69, 9.17) is 11.6 Å². The summed E-state index contributed by atoms with van der Waals surface area (Å²) in [4.78, 5) is 9.75. The zero-order chi connectivity index (χ0) is 13.3. The maximum atomic E-state index is 11.8. The summed E-state index contributed by atoms with van der Waals surface area (Å²) >= 11 is 10.9. The van der Waals surface area contributed by atoms with E-state index in [0.717, 1.165) is 5.75 Å². The molecule has 0 N–H and O–H groups in total. The van der Waals surface area contributed by atoms with E-state index < -0.39 is 15.2 Å². The van der Waals surface area contributed by atoms with Crippen LogP contribution in [-0.4, -0.2) is 48.1 Å². The number of nitrogens with zero attached hydrogens (tertiary/aromatic N) is 3. The Morgan fingerprint density at radius 3 is 2.94 bits per heavy atom. The largest absolute Gasteiger partial charge is 0.337 e. The number of hydrogen-bond acceptors (Lipinski definition) is 6. The van der Waals surface area contributed by atoms with Gasteiger partial charge in [-0.15, -0.1) is 0 Å². The number of thioether (sulfide) groups is 1. The van der Waals surface area contributed by atoms with Crippen molar-refractivity contribution in [2.75, 3.05) is 29.2 Å². The average molecular weight is 373 g/mol. The van der Waals surface area contributed by atoms with Gasteiger partial charge in [-0.1, -0.05) is 11.6 Å². The highest BCUT2D eigenvalue weighted by atomic mass is 79.9. The predicted molar refractivity (Wildman–Crippen MR) is 78.0 cm³/mol. The molecule has 1 fully saturated rings. The van der Waals surface area contributed by atoms with Gasteiger partial charge in [-0.3, -0.25) is 0 Å². The highest BCUT2D eigenvalue weighted by molar-refractivity contribution is 9.10. The van der Waals surface area contributed by atoms with Crippen LogP contribution in [0.5, 0.6) is 0 Å². The topological polar surface area (TPSA) is 63.2 Å². The maximum absolute atomic E-state index is 11.8. The molecule has 1 aromatic rings. The molecular formula is C9H11BrClN3O2S2. The molecule has 1 aliphatic heterocycles. The third kappa shape index (κ3) is 2.92. The van der Waals surface area contributed by atoms with Crippen molar-refractivity contribution in [2.24, 2.45) is 0 Å². The minimum absolute atomic E-state index is 0.283. The summed E-state index contributed by atoms with van der Waals surface area (Å²) in [6.07, 6.45) is 2.58. The molecule has 2 heterocycles. The summed E-state index contributed by atoms with van der Waals surface area (Å²) in [6.45, 7) is 0.619. The van der Waals surface area contributed by atoms with E-state index >= 15 is 0 Å². The van der Waals surface area contributed by atoms with Crippen molar-refractivity contribution in [2.45, 2.75) is 5.37 Å². The lowest BCUT2D eigenvalue weighted by Gasteiger charge is -2.35.